The summed E-state index contributed by atoms with van der Waals surface area (Å²) in [5.74, 6) is 0.219. The number of nitrogens with one attached hydrogen (secondary N) is 1. The van der Waals surface area contributed by atoms with Gasteiger partial charge in [0.1, 0.15) is 0 Å². The van der Waals surface area contributed by atoms with Crippen LogP contribution in [0.1, 0.15) is 58.3 Å². The SMILES string of the molecule is CC1(NC(=O)C2(CN)CCCCCC2)CC1. The number of carbonyl (C=O) groups excluding carboxylic acids is 1. The molecule has 0 radical (unpaired) electrons. The van der Waals surface area contributed by atoms with E-state index in [0.29, 0.717) is 6.54 Å². The molecule has 0 aromatic heterocycles. The van der Waals surface area contributed by atoms with E-state index in [2.05, 4.69) is 12.2 Å². The standard InChI is InChI=1S/C13H24N2O/c1-12(8-9-12)15-11(16)13(10-14)6-4-2-3-5-7-13/h2-10,14H2,1H3,(H,15,16). The Balaban J connectivity index is 2.03. The number of amides is 1. The Kier molecular flexibility index (Phi) is 3.24. The fourth-order valence-corrected chi connectivity index (χ4v) is 2.65. The van der Waals surface area contributed by atoms with Crippen molar-refractivity contribution < 1.29 is 4.79 Å². The van der Waals surface area contributed by atoms with Crippen LogP contribution in [-0.4, -0.2) is 18.0 Å². The zero-order valence-corrected chi connectivity index (χ0v) is 10.3. The Hall–Kier alpha value is -0.570. The molecule has 3 N–H and O–H groups in total. The molecule has 2 aliphatic carbocycles. The molecule has 2 saturated carbocycles. The summed E-state index contributed by atoms with van der Waals surface area (Å²) in [7, 11) is 0. The first-order valence-electron chi connectivity index (χ1n) is 6.63. The highest BCUT2D eigenvalue weighted by molar-refractivity contribution is 5.84. The predicted molar refractivity (Wildman–Crippen MR) is 65.0 cm³/mol. The molecule has 0 heterocycles. The smallest absolute Gasteiger partial charge is 0.227 e. The van der Waals surface area contributed by atoms with Crippen molar-refractivity contribution in [3.63, 3.8) is 0 Å². The highest BCUT2D eigenvalue weighted by Crippen LogP contribution is 2.39. The maximum absolute atomic E-state index is 12.4. The van der Waals surface area contributed by atoms with Crippen molar-refractivity contribution in [2.24, 2.45) is 11.1 Å². The summed E-state index contributed by atoms with van der Waals surface area (Å²) in [6, 6.07) is 0. The van der Waals surface area contributed by atoms with Gasteiger partial charge < -0.3 is 11.1 Å². The Morgan fingerprint density at radius 2 is 1.69 bits per heavy atom. The quantitative estimate of drug-likeness (QED) is 0.720. The van der Waals surface area contributed by atoms with Gasteiger partial charge in [0.25, 0.3) is 0 Å². The number of carbonyl (C=O) groups is 1. The van der Waals surface area contributed by atoms with Gasteiger partial charge in [-0.05, 0) is 32.6 Å². The monoisotopic (exact) mass is 224 g/mol. The van der Waals surface area contributed by atoms with E-state index in [-0.39, 0.29) is 16.9 Å². The van der Waals surface area contributed by atoms with Crippen LogP contribution in [0.4, 0.5) is 0 Å². The zero-order valence-electron chi connectivity index (χ0n) is 10.3. The van der Waals surface area contributed by atoms with Crippen LogP contribution in [0, 0.1) is 5.41 Å². The van der Waals surface area contributed by atoms with Crippen LogP contribution in [0.5, 0.6) is 0 Å². The fraction of sp³-hybridized carbons (Fsp3) is 0.923. The second-order valence-electron chi connectivity index (χ2n) is 5.91. The van der Waals surface area contributed by atoms with Crippen LogP contribution in [0.25, 0.3) is 0 Å². The topological polar surface area (TPSA) is 55.1 Å². The number of nitrogens with two attached hydrogens (primary N) is 1. The molecule has 0 aliphatic heterocycles. The van der Waals surface area contributed by atoms with Crippen LogP contribution >= 0.6 is 0 Å². The van der Waals surface area contributed by atoms with Crippen molar-refractivity contribution in [2.75, 3.05) is 6.54 Å². The van der Waals surface area contributed by atoms with E-state index in [0.717, 1.165) is 38.5 Å². The van der Waals surface area contributed by atoms with Crippen molar-refractivity contribution in [1.29, 1.82) is 0 Å². The summed E-state index contributed by atoms with van der Waals surface area (Å²) in [5, 5.41) is 3.20. The molecule has 0 bridgehead atoms. The summed E-state index contributed by atoms with van der Waals surface area (Å²) in [6.07, 6.45) is 9.02. The molecule has 92 valence electrons. The van der Waals surface area contributed by atoms with Crippen LogP contribution < -0.4 is 11.1 Å². The first kappa shape index (κ1) is 11.9. The summed E-state index contributed by atoms with van der Waals surface area (Å²) in [4.78, 5) is 12.4. The van der Waals surface area contributed by atoms with Crippen molar-refractivity contribution >= 4 is 5.91 Å². The molecule has 3 heteroatoms. The average molecular weight is 224 g/mol. The molecule has 0 atom stereocenters. The lowest BCUT2D eigenvalue weighted by molar-refractivity contribution is -0.132. The number of hydrogen-bond acceptors (Lipinski definition) is 2. The van der Waals surface area contributed by atoms with Gasteiger partial charge in [0.2, 0.25) is 5.91 Å². The third-order valence-corrected chi connectivity index (χ3v) is 4.35. The minimum absolute atomic E-state index is 0.0888. The van der Waals surface area contributed by atoms with Crippen LogP contribution in [0.15, 0.2) is 0 Å². The molecular formula is C13H24N2O. The van der Waals surface area contributed by atoms with Crippen LogP contribution in [-0.2, 0) is 4.79 Å². The Morgan fingerprint density at radius 3 is 2.12 bits per heavy atom. The van der Waals surface area contributed by atoms with Gasteiger partial charge in [-0.1, -0.05) is 25.7 Å². The predicted octanol–water partition coefficient (Wildman–Crippen LogP) is 1.95. The molecule has 1 amide bonds. The van der Waals surface area contributed by atoms with Crippen molar-refractivity contribution in [1.82, 2.24) is 5.32 Å². The van der Waals surface area contributed by atoms with Crippen LogP contribution in [0.3, 0.4) is 0 Å². The average Bonchev–Trinajstić information content (AvgIpc) is 3.01. The van der Waals surface area contributed by atoms with Gasteiger partial charge in [0, 0.05) is 12.1 Å². The summed E-state index contributed by atoms with van der Waals surface area (Å²) < 4.78 is 0. The van der Waals surface area contributed by atoms with Gasteiger partial charge in [0.05, 0.1) is 5.41 Å². The second kappa shape index (κ2) is 4.36. The molecule has 0 spiro atoms. The first-order valence-corrected chi connectivity index (χ1v) is 6.63. The summed E-state index contributed by atoms with van der Waals surface area (Å²) >= 11 is 0. The molecular weight excluding hydrogens is 200 g/mol. The highest BCUT2D eigenvalue weighted by atomic mass is 16.2. The van der Waals surface area contributed by atoms with Crippen molar-refractivity contribution in [3.05, 3.63) is 0 Å². The zero-order chi connectivity index (χ0) is 11.6. The minimum Gasteiger partial charge on any atom is -0.350 e. The van der Waals surface area contributed by atoms with Gasteiger partial charge in [0.15, 0.2) is 0 Å². The van der Waals surface area contributed by atoms with Gasteiger partial charge in [-0.25, -0.2) is 0 Å². The molecule has 2 rings (SSSR count). The molecule has 3 nitrogen and oxygen atoms in total. The Labute approximate surface area is 98.2 Å². The lowest BCUT2D eigenvalue weighted by atomic mass is 9.79. The first-order chi connectivity index (χ1) is 7.60. The third-order valence-electron chi connectivity index (χ3n) is 4.35. The Bertz CT molecular complexity index is 263. The van der Waals surface area contributed by atoms with Crippen molar-refractivity contribution in [2.45, 2.75) is 63.8 Å². The van der Waals surface area contributed by atoms with Gasteiger partial charge in [-0.2, -0.15) is 0 Å². The van der Waals surface area contributed by atoms with E-state index in [1.807, 2.05) is 0 Å². The number of rotatable bonds is 3. The van der Waals surface area contributed by atoms with Gasteiger partial charge in [-0.3, -0.25) is 4.79 Å². The molecule has 0 aromatic carbocycles. The van der Waals surface area contributed by atoms with Gasteiger partial charge in [-0.15, -0.1) is 0 Å². The van der Waals surface area contributed by atoms with Crippen molar-refractivity contribution in [3.8, 4) is 0 Å². The third kappa shape index (κ3) is 2.40. The van der Waals surface area contributed by atoms with E-state index in [9.17, 15) is 4.79 Å². The number of hydrogen-bond donors (Lipinski definition) is 2. The molecule has 0 saturated heterocycles. The van der Waals surface area contributed by atoms with E-state index in [1.54, 1.807) is 0 Å². The largest absolute Gasteiger partial charge is 0.350 e. The summed E-state index contributed by atoms with van der Waals surface area (Å²) in [6.45, 7) is 2.64. The van der Waals surface area contributed by atoms with Gasteiger partial charge >= 0.3 is 0 Å². The molecule has 16 heavy (non-hydrogen) atoms. The lowest BCUT2D eigenvalue weighted by Crippen LogP contribution is -2.49. The summed E-state index contributed by atoms with van der Waals surface area (Å²) in [5.41, 5.74) is 5.71. The maximum Gasteiger partial charge on any atom is 0.227 e. The van der Waals surface area contributed by atoms with E-state index >= 15 is 0 Å². The van der Waals surface area contributed by atoms with E-state index in [4.69, 9.17) is 5.73 Å². The molecule has 0 aromatic rings. The highest BCUT2D eigenvalue weighted by Gasteiger charge is 2.44. The minimum atomic E-state index is -0.262. The Morgan fingerprint density at radius 1 is 1.12 bits per heavy atom. The van der Waals surface area contributed by atoms with Crippen LogP contribution in [0.2, 0.25) is 0 Å². The fourth-order valence-electron chi connectivity index (χ4n) is 2.65. The molecule has 2 aliphatic rings. The van der Waals surface area contributed by atoms with E-state index < -0.39 is 0 Å². The maximum atomic E-state index is 12.4. The molecule has 0 unspecified atom stereocenters. The molecule has 2 fully saturated rings. The lowest BCUT2D eigenvalue weighted by Gasteiger charge is -2.31. The second-order valence-corrected chi connectivity index (χ2v) is 5.91. The normalized spacial score (nSPS) is 26.9. The van der Waals surface area contributed by atoms with E-state index in [1.165, 1.54) is 12.8 Å².